The summed E-state index contributed by atoms with van der Waals surface area (Å²) in [6.45, 7) is 1.85. The van der Waals surface area contributed by atoms with E-state index in [0.717, 1.165) is 5.56 Å². The van der Waals surface area contributed by atoms with Crippen molar-refractivity contribution in [1.82, 2.24) is 4.83 Å². The smallest absolute Gasteiger partial charge is 0.288 e. The number of nitro benzene ring substituents is 1. The summed E-state index contributed by atoms with van der Waals surface area (Å²) in [4.78, 5) is 12.6. The Balaban J connectivity index is 1.75. The van der Waals surface area contributed by atoms with Crippen molar-refractivity contribution in [2.45, 2.75) is 11.8 Å². The van der Waals surface area contributed by atoms with E-state index in [1.165, 1.54) is 30.5 Å². The molecule has 0 bridgehead atoms. The van der Waals surface area contributed by atoms with Gasteiger partial charge in [0.15, 0.2) is 0 Å². The van der Waals surface area contributed by atoms with Crippen molar-refractivity contribution < 1.29 is 17.8 Å². The molecule has 0 radical (unpaired) electrons. The molecule has 2 aromatic carbocycles. The van der Waals surface area contributed by atoms with Crippen molar-refractivity contribution in [1.29, 1.82) is 0 Å². The molecule has 0 saturated carbocycles. The first-order chi connectivity index (χ1) is 13.3. The summed E-state index contributed by atoms with van der Waals surface area (Å²) in [7, 11) is -3.79. The molecule has 3 rings (SSSR count). The van der Waals surface area contributed by atoms with E-state index in [9.17, 15) is 18.5 Å². The van der Waals surface area contributed by atoms with E-state index in [2.05, 4.69) is 9.93 Å². The van der Waals surface area contributed by atoms with Crippen molar-refractivity contribution in [2.24, 2.45) is 5.10 Å². The van der Waals surface area contributed by atoms with Crippen LogP contribution in [0.3, 0.4) is 0 Å². The van der Waals surface area contributed by atoms with Crippen molar-refractivity contribution in [2.75, 3.05) is 0 Å². The summed E-state index contributed by atoms with van der Waals surface area (Å²) < 4.78 is 29.9. The first-order valence-corrected chi connectivity index (χ1v) is 9.78. The number of furan rings is 1. The summed E-state index contributed by atoms with van der Waals surface area (Å²) in [5.74, 6) is 0.613. The lowest BCUT2D eigenvalue weighted by molar-refractivity contribution is -0.384. The molecular weight excluding hydrogens is 406 g/mol. The van der Waals surface area contributed by atoms with Gasteiger partial charge in [0.25, 0.3) is 15.7 Å². The minimum atomic E-state index is -3.79. The molecule has 1 N–H and O–H groups in total. The minimum absolute atomic E-state index is 0.0209. The van der Waals surface area contributed by atoms with Gasteiger partial charge in [0.05, 0.1) is 16.0 Å². The van der Waals surface area contributed by atoms with Gasteiger partial charge in [-0.25, -0.2) is 0 Å². The second kappa shape index (κ2) is 7.83. The molecule has 144 valence electrons. The highest BCUT2D eigenvalue weighted by Crippen LogP contribution is 2.31. The normalized spacial score (nSPS) is 11.6. The van der Waals surface area contributed by atoms with Crippen molar-refractivity contribution in [3.63, 3.8) is 0 Å². The lowest BCUT2D eigenvalue weighted by Gasteiger charge is -2.03. The number of nitrogens with one attached hydrogen (secondary N) is 1. The van der Waals surface area contributed by atoms with E-state index in [1.807, 2.05) is 6.92 Å². The van der Waals surface area contributed by atoms with Gasteiger partial charge in [-0.1, -0.05) is 29.3 Å². The number of aryl methyl sites for hydroxylation is 1. The average molecular weight is 420 g/mol. The Kier molecular flexibility index (Phi) is 5.48. The Morgan fingerprint density at radius 2 is 1.86 bits per heavy atom. The summed E-state index contributed by atoms with van der Waals surface area (Å²) in [5.41, 5.74) is 1.15. The van der Waals surface area contributed by atoms with Crippen LogP contribution in [-0.2, 0) is 10.0 Å². The lowest BCUT2D eigenvalue weighted by atomic mass is 10.1. The van der Waals surface area contributed by atoms with Crippen LogP contribution in [-0.4, -0.2) is 19.6 Å². The third kappa shape index (κ3) is 4.38. The third-order valence-corrected chi connectivity index (χ3v) is 5.31. The quantitative estimate of drug-likeness (QED) is 0.366. The highest BCUT2D eigenvalue weighted by atomic mass is 35.5. The molecule has 1 aromatic heterocycles. The van der Waals surface area contributed by atoms with Gasteiger partial charge in [-0.2, -0.15) is 18.4 Å². The van der Waals surface area contributed by atoms with Gasteiger partial charge in [-0.15, -0.1) is 0 Å². The molecule has 0 atom stereocenters. The zero-order chi connectivity index (χ0) is 20.3. The molecule has 0 fully saturated rings. The Labute approximate surface area is 165 Å². The maximum Gasteiger partial charge on any atom is 0.288 e. The van der Waals surface area contributed by atoms with Gasteiger partial charge in [0.1, 0.15) is 16.5 Å². The van der Waals surface area contributed by atoms with Crippen LogP contribution in [0, 0.1) is 17.0 Å². The highest BCUT2D eigenvalue weighted by Gasteiger charge is 2.15. The fourth-order valence-electron chi connectivity index (χ4n) is 2.31. The van der Waals surface area contributed by atoms with Gasteiger partial charge in [-0.3, -0.25) is 10.1 Å². The predicted octanol–water partition coefficient (Wildman–Crippen LogP) is 4.13. The topological polar surface area (TPSA) is 115 Å². The third-order valence-electron chi connectivity index (χ3n) is 3.75. The lowest BCUT2D eigenvalue weighted by Crippen LogP contribution is -2.18. The Hall–Kier alpha value is -3.17. The summed E-state index contributed by atoms with van der Waals surface area (Å²) in [6.07, 6.45) is 1.19. The van der Waals surface area contributed by atoms with Crippen LogP contribution in [0.1, 0.15) is 11.3 Å². The van der Waals surface area contributed by atoms with Crippen LogP contribution < -0.4 is 4.83 Å². The largest absolute Gasteiger partial charge is 0.455 e. The summed E-state index contributed by atoms with van der Waals surface area (Å²) in [5, 5.41) is 14.7. The number of rotatable bonds is 6. The molecular formula is C18H14ClN3O5S. The van der Waals surface area contributed by atoms with Gasteiger partial charge >= 0.3 is 0 Å². The molecule has 3 aromatic rings. The van der Waals surface area contributed by atoms with Gasteiger partial charge in [0, 0.05) is 11.6 Å². The molecule has 0 spiro atoms. The number of sulfonamides is 1. The minimum Gasteiger partial charge on any atom is -0.455 e. The molecule has 0 aliphatic carbocycles. The zero-order valence-corrected chi connectivity index (χ0v) is 16.1. The monoisotopic (exact) mass is 419 g/mol. The van der Waals surface area contributed by atoms with Crippen molar-refractivity contribution in [3.05, 3.63) is 81.1 Å². The molecule has 0 unspecified atom stereocenters. The number of hydrazone groups is 1. The number of benzene rings is 2. The van der Waals surface area contributed by atoms with Crippen LogP contribution in [0.4, 0.5) is 5.69 Å². The predicted molar refractivity (Wildman–Crippen MR) is 105 cm³/mol. The van der Waals surface area contributed by atoms with Gasteiger partial charge in [0.2, 0.25) is 0 Å². The molecule has 0 saturated heterocycles. The highest BCUT2D eigenvalue weighted by molar-refractivity contribution is 7.89. The van der Waals surface area contributed by atoms with E-state index in [4.69, 9.17) is 16.0 Å². The average Bonchev–Trinajstić information content (AvgIpc) is 3.11. The number of hydrogen-bond donors (Lipinski definition) is 1. The first kappa shape index (κ1) is 19.6. The van der Waals surface area contributed by atoms with E-state index >= 15 is 0 Å². The van der Waals surface area contributed by atoms with E-state index in [1.54, 1.807) is 30.3 Å². The van der Waals surface area contributed by atoms with E-state index < -0.39 is 14.9 Å². The van der Waals surface area contributed by atoms with E-state index in [0.29, 0.717) is 11.3 Å². The number of hydrogen-bond acceptors (Lipinski definition) is 6. The van der Waals surface area contributed by atoms with Crippen LogP contribution in [0.25, 0.3) is 11.3 Å². The number of nitro groups is 1. The Morgan fingerprint density at radius 3 is 2.54 bits per heavy atom. The van der Waals surface area contributed by atoms with Gasteiger partial charge in [-0.05, 0) is 43.3 Å². The Morgan fingerprint density at radius 1 is 1.14 bits per heavy atom. The zero-order valence-electron chi connectivity index (χ0n) is 14.5. The first-order valence-electron chi connectivity index (χ1n) is 7.92. The molecule has 0 aliphatic heterocycles. The second-order valence-electron chi connectivity index (χ2n) is 5.79. The maximum atomic E-state index is 12.2. The fraction of sp³-hybridized carbons (Fsp3) is 0.0556. The molecule has 0 aliphatic rings. The standard InChI is InChI=1S/C18H14ClN3O5S/c1-12-2-6-15(7-3-12)28(25,26)21-20-11-14-5-9-18(27-14)13-4-8-16(19)17(10-13)22(23)24/h2-11,21H,1H3/b20-11-. The van der Waals surface area contributed by atoms with E-state index in [-0.39, 0.29) is 21.4 Å². The van der Waals surface area contributed by atoms with Crippen LogP contribution >= 0.6 is 11.6 Å². The molecule has 0 amide bonds. The summed E-state index contributed by atoms with van der Waals surface area (Å²) in [6, 6.07) is 13.7. The van der Waals surface area contributed by atoms with Crippen LogP contribution in [0.5, 0.6) is 0 Å². The molecule has 1 heterocycles. The number of nitrogens with zero attached hydrogens (tertiary/aromatic N) is 2. The second-order valence-corrected chi connectivity index (χ2v) is 7.86. The maximum absolute atomic E-state index is 12.2. The van der Waals surface area contributed by atoms with Gasteiger partial charge < -0.3 is 4.42 Å². The van der Waals surface area contributed by atoms with Crippen LogP contribution in [0.15, 0.2) is 69.0 Å². The number of halogens is 1. The summed E-state index contributed by atoms with van der Waals surface area (Å²) >= 11 is 5.80. The van der Waals surface area contributed by atoms with Crippen LogP contribution in [0.2, 0.25) is 5.02 Å². The molecule has 10 heteroatoms. The Bertz CT molecular complexity index is 1150. The molecule has 28 heavy (non-hydrogen) atoms. The SMILES string of the molecule is Cc1ccc(S(=O)(=O)N/N=C\c2ccc(-c3ccc(Cl)c([N+](=O)[O-])c3)o2)cc1. The van der Waals surface area contributed by atoms with Crippen molar-refractivity contribution in [3.8, 4) is 11.3 Å². The molecule has 8 nitrogen and oxygen atoms in total. The fourth-order valence-corrected chi connectivity index (χ4v) is 3.29. The van der Waals surface area contributed by atoms with Crippen molar-refractivity contribution >= 4 is 33.5 Å².